The van der Waals surface area contributed by atoms with Crippen LogP contribution >= 0.6 is 15.9 Å². The smallest absolute Gasteiger partial charge is 0.131 e. The lowest BCUT2D eigenvalue weighted by Crippen LogP contribution is -1.99. The van der Waals surface area contributed by atoms with Crippen LogP contribution in [0.4, 0.5) is 4.39 Å². The summed E-state index contributed by atoms with van der Waals surface area (Å²) in [5.41, 5.74) is 3.06. The first kappa shape index (κ1) is 14.1. The van der Waals surface area contributed by atoms with Gasteiger partial charge < -0.3 is 4.74 Å². The highest BCUT2D eigenvalue weighted by Gasteiger charge is 2.14. The van der Waals surface area contributed by atoms with Crippen LogP contribution in [-0.4, -0.2) is 7.11 Å². The van der Waals surface area contributed by atoms with Gasteiger partial charge >= 0.3 is 0 Å². The lowest BCUT2D eigenvalue weighted by atomic mass is 10.0. The van der Waals surface area contributed by atoms with Gasteiger partial charge in [-0.25, -0.2) is 4.39 Å². The number of methoxy groups -OCH3 is 1. The van der Waals surface area contributed by atoms with Crippen molar-refractivity contribution in [2.45, 2.75) is 18.2 Å². The minimum absolute atomic E-state index is 0.0406. The Morgan fingerprint density at radius 3 is 2.42 bits per heavy atom. The molecule has 3 heteroatoms. The van der Waals surface area contributed by atoms with E-state index in [1.54, 1.807) is 12.1 Å². The molecule has 0 aliphatic carbocycles. The van der Waals surface area contributed by atoms with Gasteiger partial charge in [-0.1, -0.05) is 51.8 Å². The number of aryl methyl sites for hydroxylation is 1. The van der Waals surface area contributed by atoms with Crippen LogP contribution < -0.4 is 4.74 Å². The summed E-state index contributed by atoms with van der Waals surface area (Å²) < 4.78 is 19.0. The number of halogens is 2. The third kappa shape index (κ3) is 3.57. The second-order valence-electron chi connectivity index (χ2n) is 4.54. The van der Waals surface area contributed by atoms with E-state index in [0.29, 0.717) is 11.3 Å². The maximum Gasteiger partial charge on any atom is 0.131 e. The molecule has 0 N–H and O–H groups in total. The Morgan fingerprint density at radius 1 is 1.16 bits per heavy atom. The Balaban J connectivity index is 2.15. The van der Waals surface area contributed by atoms with E-state index in [-0.39, 0.29) is 10.6 Å². The average Bonchev–Trinajstić information content (AvgIpc) is 2.41. The largest absolute Gasteiger partial charge is 0.497 e. The van der Waals surface area contributed by atoms with E-state index in [1.165, 1.54) is 24.3 Å². The molecule has 0 bridgehead atoms. The maximum absolute atomic E-state index is 13.9. The first-order valence-corrected chi connectivity index (χ1v) is 7.05. The number of rotatable bonds is 4. The molecule has 0 aliphatic rings. The molecular formula is C16H16BrFO. The van der Waals surface area contributed by atoms with Crippen molar-refractivity contribution in [2.24, 2.45) is 0 Å². The summed E-state index contributed by atoms with van der Waals surface area (Å²) in [5.74, 6) is 0.296. The SMILES string of the molecule is COc1ccc(C(Br)Cc2ccc(C)cc2)c(F)c1. The van der Waals surface area contributed by atoms with E-state index in [0.717, 1.165) is 6.42 Å². The van der Waals surface area contributed by atoms with Crippen LogP contribution in [-0.2, 0) is 6.42 Å². The molecule has 2 aromatic carbocycles. The van der Waals surface area contributed by atoms with Gasteiger partial charge in [-0.3, -0.25) is 0 Å². The Hall–Kier alpha value is -1.35. The molecule has 0 fully saturated rings. The maximum atomic E-state index is 13.9. The van der Waals surface area contributed by atoms with Crippen molar-refractivity contribution in [3.8, 4) is 5.75 Å². The van der Waals surface area contributed by atoms with Gasteiger partial charge in [0.05, 0.1) is 7.11 Å². The van der Waals surface area contributed by atoms with Gasteiger partial charge in [-0.05, 0) is 25.0 Å². The third-order valence-electron chi connectivity index (χ3n) is 3.08. The molecule has 100 valence electrons. The standard InChI is InChI=1S/C16H16BrFO/c1-11-3-5-12(6-4-11)9-15(17)14-8-7-13(19-2)10-16(14)18/h3-8,10,15H,9H2,1-2H3. The van der Waals surface area contributed by atoms with E-state index < -0.39 is 0 Å². The summed E-state index contributed by atoms with van der Waals surface area (Å²) in [4.78, 5) is -0.0406. The number of alkyl halides is 1. The summed E-state index contributed by atoms with van der Waals surface area (Å²) in [6, 6.07) is 13.2. The minimum Gasteiger partial charge on any atom is -0.497 e. The molecule has 1 nitrogen and oxygen atoms in total. The molecule has 1 unspecified atom stereocenters. The van der Waals surface area contributed by atoms with E-state index in [2.05, 4.69) is 47.1 Å². The molecule has 1 atom stereocenters. The predicted molar refractivity (Wildman–Crippen MR) is 79.5 cm³/mol. The van der Waals surface area contributed by atoms with Crippen molar-refractivity contribution in [1.29, 1.82) is 0 Å². The first-order valence-electron chi connectivity index (χ1n) is 6.13. The van der Waals surface area contributed by atoms with E-state index >= 15 is 0 Å². The van der Waals surface area contributed by atoms with E-state index in [4.69, 9.17) is 4.74 Å². The molecule has 2 aromatic rings. The Bertz CT molecular complexity index is 551. The van der Waals surface area contributed by atoms with Crippen LogP contribution in [0.15, 0.2) is 42.5 Å². The molecule has 0 aromatic heterocycles. The fraction of sp³-hybridized carbons (Fsp3) is 0.250. The van der Waals surface area contributed by atoms with Crippen LogP contribution in [0.2, 0.25) is 0 Å². The molecule has 0 spiro atoms. The fourth-order valence-electron chi connectivity index (χ4n) is 1.93. The van der Waals surface area contributed by atoms with Crippen LogP contribution in [0.5, 0.6) is 5.75 Å². The zero-order valence-corrected chi connectivity index (χ0v) is 12.6. The number of hydrogen-bond donors (Lipinski definition) is 0. The quantitative estimate of drug-likeness (QED) is 0.733. The fourth-order valence-corrected chi connectivity index (χ4v) is 2.68. The number of benzene rings is 2. The zero-order chi connectivity index (χ0) is 13.8. The molecule has 2 rings (SSSR count). The van der Waals surface area contributed by atoms with Gasteiger partial charge in [0.25, 0.3) is 0 Å². The zero-order valence-electron chi connectivity index (χ0n) is 11.0. The lowest BCUT2D eigenvalue weighted by Gasteiger charge is -2.12. The molecule has 19 heavy (non-hydrogen) atoms. The summed E-state index contributed by atoms with van der Waals surface area (Å²) >= 11 is 3.56. The van der Waals surface area contributed by atoms with Crippen LogP contribution in [0.3, 0.4) is 0 Å². The lowest BCUT2D eigenvalue weighted by molar-refractivity contribution is 0.410. The van der Waals surface area contributed by atoms with Gasteiger partial charge in [-0.2, -0.15) is 0 Å². The number of ether oxygens (including phenoxy) is 1. The second kappa shape index (κ2) is 6.20. The molecule has 0 radical (unpaired) electrons. The van der Waals surface area contributed by atoms with Crippen molar-refractivity contribution < 1.29 is 9.13 Å². The topological polar surface area (TPSA) is 9.23 Å². The highest BCUT2D eigenvalue weighted by Crippen LogP contribution is 2.30. The molecule has 0 aliphatic heterocycles. The first-order chi connectivity index (χ1) is 9.10. The molecule has 0 saturated heterocycles. The Kier molecular flexibility index (Phi) is 4.59. The highest BCUT2D eigenvalue weighted by atomic mass is 79.9. The highest BCUT2D eigenvalue weighted by molar-refractivity contribution is 9.09. The van der Waals surface area contributed by atoms with Gasteiger partial charge in [0, 0.05) is 16.5 Å². The normalized spacial score (nSPS) is 12.2. The predicted octanol–water partition coefficient (Wildman–Crippen LogP) is 4.82. The van der Waals surface area contributed by atoms with Crippen molar-refractivity contribution in [3.63, 3.8) is 0 Å². The van der Waals surface area contributed by atoms with Crippen LogP contribution in [0.1, 0.15) is 21.5 Å². The van der Waals surface area contributed by atoms with Gasteiger partial charge in [0.2, 0.25) is 0 Å². The van der Waals surface area contributed by atoms with Crippen molar-refractivity contribution in [2.75, 3.05) is 7.11 Å². The van der Waals surface area contributed by atoms with E-state index in [1.807, 2.05) is 0 Å². The van der Waals surface area contributed by atoms with E-state index in [9.17, 15) is 4.39 Å². The molecule has 0 amide bonds. The Labute approximate surface area is 121 Å². The van der Waals surface area contributed by atoms with Crippen molar-refractivity contribution in [1.82, 2.24) is 0 Å². The van der Waals surface area contributed by atoms with Crippen LogP contribution in [0.25, 0.3) is 0 Å². The third-order valence-corrected chi connectivity index (χ3v) is 3.90. The average molecular weight is 323 g/mol. The van der Waals surface area contributed by atoms with Crippen molar-refractivity contribution >= 4 is 15.9 Å². The molecular weight excluding hydrogens is 307 g/mol. The summed E-state index contributed by atoms with van der Waals surface area (Å²) in [7, 11) is 1.53. The van der Waals surface area contributed by atoms with Crippen molar-refractivity contribution in [3.05, 3.63) is 65.0 Å². The summed E-state index contributed by atoms with van der Waals surface area (Å²) in [5, 5.41) is 0. The number of hydrogen-bond acceptors (Lipinski definition) is 1. The summed E-state index contributed by atoms with van der Waals surface area (Å²) in [6.45, 7) is 2.05. The monoisotopic (exact) mass is 322 g/mol. The van der Waals surface area contributed by atoms with Gasteiger partial charge in [-0.15, -0.1) is 0 Å². The van der Waals surface area contributed by atoms with Crippen LogP contribution in [0, 0.1) is 12.7 Å². The van der Waals surface area contributed by atoms with Gasteiger partial charge in [0.15, 0.2) is 0 Å². The molecule has 0 heterocycles. The second-order valence-corrected chi connectivity index (χ2v) is 5.65. The Morgan fingerprint density at radius 2 is 1.84 bits per heavy atom. The van der Waals surface area contributed by atoms with Gasteiger partial charge in [0.1, 0.15) is 11.6 Å². The molecule has 0 saturated carbocycles. The summed E-state index contributed by atoms with van der Waals surface area (Å²) in [6.07, 6.45) is 0.754. The minimum atomic E-state index is -0.242.